The van der Waals surface area contributed by atoms with E-state index in [2.05, 4.69) is 10.3 Å². The van der Waals surface area contributed by atoms with Gasteiger partial charge in [0.2, 0.25) is 5.91 Å². The summed E-state index contributed by atoms with van der Waals surface area (Å²) in [6.07, 6.45) is 1.14. The average molecular weight is 555 g/mol. The molecule has 0 fully saturated rings. The number of carbonyl (C=O) groups is 2. The van der Waals surface area contributed by atoms with Gasteiger partial charge in [0.1, 0.15) is 5.82 Å². The second-order valence-electron chi connectivity index (χ2n) is 8.53. The minimum atomic E-state index is -3.99. The number of hydrogen-bond acceptors (Lipinski definition) is 6. The number of hydrogen-bond donors (Lipinski definition) is 4. The van der Waals surface area contributed by atoms with E-state index >= 15 is 0 Å². The van der Waals surface area contributed by atoms with E-state index in [-0.39, 0.29) is 22.0 Å². The lowest BCUT2D eigenvalue weighted by Gasteiger charge is -2.11. The summed E-state index contributed by atoms with van der Waals surface area (Å²) in [6, 6.07) is 16.1. The third-order valence-corrected chi connectivity index (χ3v) is 7.64. The number of carbonyl (C=O) groups excluding carboxylic acids is 2. The van der Waals surface area contributed by atoms with E-state index in [9.17, 15) is 18.0 Å². The monoisotopic (exact) mass is 554 g/mol. The number of aryl methyl sites for hydroxylation is 1. The second-order valence-corrected chi connectivity index (χ2v) is 10.6. The van der Waals surface area contributed by atoms with Crippen LogP contribution >= 0.6 is 11.6 Å². The highest BCUT2D eigenvalue weighted by molar-refractivity contribution is 7.90. The van der Waals surface area contributed by atoms with Gasteiger partial charge < -0.3 is 16.8 Å². The smallest absolute Gasteiger partial charge is 0.328 e. The van der Waals surface area contributed by atoms with Crippen molar-refractivity contribution in [2.45, 2.75) is 31.2 Å². The van der Waals surface area contributed by atoms with E-state index in [1.807, 2.05) is 40.5 Å². The van der Waals surface area contributed by atoms with Gasteiger partial charge in [-0.3, -0.25) is 9.36 Å². The molecule has 0 atom stereocenters. The predicted molar refractivity (Wildman–Crippen MR) is 146 cm³/mol. The normalized spacial score (nSPS) is 11.4. The Hall–Kier alpha value is -3.93. The van der Waals surface area contributed by atoms with E-state index in [4.69, 9.17) is 23.1 Å². The summed E-state index contributed by atoms with van der Waals surface area (Å²) in [5, 5.41) is 2.82. The Morgan fingerprint density at radius 2 is 1.68 bits per heavy atom. The second kappa shape index (κ2) is 11.2. The van der Waals surface area contributed by atoms with Crippen LogP contribution in [-0.4, -0.2) is 36.5 Å². The Labute approximate surface area is 225 Å². The zero-order chi connectivity index (χ0) is 27.4. The fraction of sp³-hybridized carbons (Fsp3) is 0.192. The van der Waals surface area contributed by atoms with Crippen LogP contribution in [0.15, 0.2) is 65.6 Å². The lowest BCUT2D eigenvalue weighted by Crippen LogP contribution is -2.40. The molecule has 0 spiro atoms. The summed E-state index contributed by atoms with van der Waals surface area (Å²) in [7, 11) is -3.99. The molecule has 4 aromatic rings. The number of nitrogens with zero attached hydrogens (tertiary/aromatic N) is 2. The van der Waals surface area contributed by atoms with Gasteiger partial charge in [0, 0.05) is 25.2 Å². The first-order valence-corrected chi connectivity index (χ1v) is 13.7. The predicted octanol–water partition coefficient (Wildman–Crippen LogP) is 3.03. The first-order valence-electron chi connectivity index (χ1n) is 11.8. The quantitative estimate of drug-likeness (QED) is 0.248. The van der Waals surface area contributed by atoms with Crippen molar-refractivity contribution in [2.75, 3.05) is 6.54 Å². The molecule has 0 saturated carbocycles. The maximum Gasteiger partial charge on any atom is 0.328 e. The first-order chi connectivity index (χ1) is 18.1. The lowest BCUT2D eigenvalue weighted by atomic mass is 10.1. The van der Waals surface area contributed by atoms with Crippen LogP contribution in [0.25, 0.3) is 16.7 Å². The number of amides is 3. The van der Waals surface area contributed by atoms with E-state index in [0.29, 0.717) is 24.9 Å². The van der Waals surface area contributed by atoms with Gasteiger partial charge in [-0.15, -0.1) is 0 Å². The van der Waals surface area contributed by atoms with Crippen molar-refractivity contribution in [1.82, 2.24) is 19.6 Å². The van der Waals surface area contributed by atoms with Crippen LogP contribution in [-0.2, 0) is 29.4 Å². The topological polar surface area (TPSA) is 162 Å². The SMILES string of the molecule is CCc1nc2cc(C(N)=O)c(Cl)cc2n1-c1ccc(CCNC(=O)NS(=O)(=O)c2ccc(CN)cc2)cc1. The zero-order valence-electron chi connectivity index (χ0n) is 20.6. The fourth-order valence-corrected chi connectivity index (χ4v) is 5.20. The number of sulfonamides is 1. The van der Waals surface area contributed by atoms with Gasteiger partial charge in [-0.05, 0) is 53.9 Å². The van der Waals surface area contributed by atoms with Crippen molar-refractivity contribution in [1.29, 1.82) is 0 Å². The third-order valence-electron chi connectivity index (χ3n) is 5.98. The molecule has 10 nitrogen and oxygen atoms in total. The lowest BCUT2D eigenvalue weighted by molar-refractivity contribution is 0.100. The first kappa shape index (κ1) is 27.1. The molecule has 6 N–H and O–H groups in total. The molecule has 3 aromatic carbocycles. The van der Waals surface area contributed by atoms with Crippen molar-refractivity contribution < 1.29 is 18.0 Å². The molecular formula is C26H27ClN6O4S. The fourth-order valence-electron chi connectivity index (χ4n) is 4.02. The van der Waals surface area contributed by atoms with E-state index in [0.717, 1.165) is 28.2 Å². The molecule has 4 rings (SSSR count). The summed E-state index contributed by atoms with van der Waals surface area (Å²) in [6.45, 7) is 2.50. The molecule has 3 amide bonds. The van der Waals surface area contributed by atoms with Crippen molar-refractivity contribution >= 4 is 44.6 Å². The summed E-state index contributed by atoms with van der Waals surface area (Å²) in [4.78, 5) is 28.4. The number of urea groups is 1. The van der Waals surface area contributed by atoms with E-state index in [1.165, 1.54) is 12.1 Å². The van der Waals surface area contributed by atoms with Gasteiger partial charge in [0.05, 0.1) is 26.5 Å². The average Bonchev–Trinajstić information content (AvgIpc) is 3.25. The van der Waals surface area contributed by atoms with Gasteiger partial charge in [-0.1, -0.05) is 42.8 Å². The molecule has 0 unspecified atom stereocenters. The Balaban J connectivity index is 1.41. The van der Waals surface area contributed by atoms with Crippen LogP contribution in [0.1, 0.15) is 34.2 Å². The molecule has 38 heavy (non-hydrogen) atoms. The number of nitrogens with two attached hydrogens (primary N) is 2. The van der Waals surface area contributed by atoms with Crippen molar-refractivity contribution in [2.24, 2.45) is 11.5 Å². The molecule has 0 aliphatic carbocycles. The number of rotatable bonds is 9. The molecule has 1 aromatic heterocycles. The number of benzene rings is 3. The van der Waals surface area contributed by atoms with Crippen molar-refractivity contribution in [3.63, 3.8) is 0 Å². The van der Waals surface area contributed by atoms with Crippen LogP contribution in [0.5, 0.6) is 0 Å². The molecule has 1 heterocycles. The minimum absolute atomic E-state index is 0.0222. The van der Waals surface area contributed by atoms with Crippen LogP contribution in [0.3, 0.4) is 0 Å². The maximum absolute atomic E-state index is 12.4. The highest BCUT2D eigenvalue weighted by Crippen LogP contribution is 2.28. The molecule has 12 heteroatoms. The highest BCUT2D eigenvalue weighted by atomic mass is 35.5. The summed E-state index contributed by atoms with van der Waals surface area (Å²) in [5.74, 6) is 0.178. The Kier molecular flexibility index (Phi) is 8.00. The number of primary amides is 1. The molecule has 198 valence electrons. The van der Waals surface area contributed by atoms with E-state index < -0.39 is 22.0 Å². The van der Waals surface area contributed by atoms with E-state index in [1.54, 1.807) is 24.3 Å². The Morgan fingerprint density at radius 1 is 1.03 bits per heavy atom. The van der Waals surface area contributed by atoms with Gasteiger partial charge in [-0.25, -0.2) is 22.9 Å². The van der Waals surface area contributed by atoms with Crippen LogP contribution in [0, 0.1) is 0 Å². The summed E-state index contributed by atoms with van der Waals surface area (Å²) in [5.41, 5.74) is 15.1. The molecular weight excluding hydrogens is 528 g/mol. The number of aromatic nitrogens is 2. The summed E-state index contributed by atoms with van der Waals surface area (Å²) >= 11 is 6.28. The zero-order valence-corrected chi connectivity index (χ0v) is 22.1. The van der Waals surface area contributed by atoms with Gasteiger partial charge >= 0.3 is 6.03 Å². The standard InChI is InChI=1S/C26H27ClN6O4S/c1-2-24-31-22-13-20(25(29)34)21(27)14-23(22)33(24)18-7-3-16(4-8-18)11-12-30-26(35)32-38(36,37)19-9-5-17(15-28)6-10-19/h3-10,13-14H,2,11-12,15,28H2,1H3,(H2,29,34)(H2,30,32,35). The van der Waals surface area contributed by atoms with Crippen molar-refractivity contribution in [3.8, 4) is 5.69 Å². The third kappa shape index (κ3) is 5.80. The van der Waals surface area contributed by atoms with Gasteiger partial charge in [-0.2, -0.15) is 0 Å². The molecule has 0 radical (unpaired) electrons. The largest absolute Gasteiger partial charge is 0.366 e. The van der Waals surface area contributed by atoms with Crippen LogP contribution in [0.2, 0.25) is 5.02 Å². The Morgan fingerprint density at radius 3 is 2.29 bits per heavy atom. The summed E-state index contributed by atoms with van der Waals surface area (Å²) < 4.78 is 28.8. The van der Waals surface area contributed by atoms with Gasteiger partial charge in [0.15, 0.2) is 0 Å². The van der Waals surface area contributed by atoms with Gasteiger partial charge in [0.25, 0.3) is 10.0 Å². The highest BCUT2D eigenvalue weighted by Gasteiger charge is 2.18. The van der Waals surface area contributed by atoms with Crippen LogP contribution in [0.4, 0.5) is 4.79 Å². The minimum Gasteiger partial charge on any atom is -0.366 e. The van der Waals surface area contributed by atoms with Crippen LogP contribution < -0.4 is 21.5 Å². The number of fused-ring (bicyclic) bond motifs is 1. The molecule has 0 saturated heterocycles. The molecule has 0 aliphatic rings. The number of halogens is 1. The Bertz CT molecular complexity index is 1600. The molecule has 0 aliphatic heterocycles. The van der Waals surface area contributed by atoms with Crippen molar-refractivity contribution in [3.05, 3.63) is 88.2 Å². The molecule has 0 bridgehead atoms. The maximum atomic E-state index is 12.4. The number of nitrogens with one attached hydrogen (secondary N) is 2. The number of imidazole rings is 1.